The Bertz CT molecular complexity index is 899. The minimum Gasteiger partial charge on any atom is -0.340 e. The van der Waals surface area contributed by atoms with Crippen LogP contribution in [-0.4, -0.2) is 60.9 Å². The van der Waals surface area contributed by atoms with Gasteiger partial charge in [0.05, 0.1) is 25.5 Å². The Balaban J connectivity index is 1.53. The van der Waals surface area contributed by atoms with Gasteiger partial charge in [-0.25, -0.2) is 0 Å². The van der Waals surface area contributed by atoms with E-state index in [0.717, 1.165) is 16.8 Å². The normalized spacial score (nSPS) is 14.2. The van der Waals surface area contributed by atoms with Crippen LogP contribution in [0, 0.1) is 18.3 Å². The number of nitriles is 1. The van der Waals surface area contributed by atoms with Gasteiger partial charge >= 0.3 is 0 Å². The zero-order valence-electron chi connectivity index (χ0n) is 17.5. The number of hydrogen-bond donors (Lipinski definition) is 0. The smallest absolute Gasteiger partial charge is 0.241 e. The number of rotatable bonds is 7. The second-order valence-electron chi connectivity index (χ2n) is 7.55. The highest BCUT2D eigenvalue weighted by molar-refractivity contribution is 5.94. The minimum atomic E-state index is -0.0175. The second-order valence-corrected chi connectivity index (χ2v) is 7.55. The van der Waals surface area contributed by atoms with Crippen molar-refractivity contribution in [3.8, 4) is 6.07 Å². The molecule has 0 aromatic heterocycles. The summed E-state index contributed by atoms with van der Waals surface area (Å²) in [5, 5.41) is 8.93. The van der Waals surface area contributed by atoms with Crippen molar-refractivity contribution >= 4 is 17.5 Å². The highest BCUT2D eigenvalue weighted by atomic mass is 16.2. The molecule has 1 saturated heterocycles. The summed E-state index contributed by atoms with van der Waals surface area (Å²) < 4.78 is 0. The molecule has 0 radical (unpaired) electrons. The first-order chi connectivity index (χ1) is 14.6. The largest absolute Gasteiger partial charge is 0.340 e. The van der Waals surface area contributed by atoms with Gasteiger partial charge < -0.3 is 9.80 Å². The Morgan fingerprint density at radius 1 is 1.00 bits per heavy atom. The molecule has 0 N–H and O–H groups in total. The molecule has 1 heterocycles. The number of piperazine rings is 1. The summed E-state index contributed by atoms with van der Waals surface area (Å²) in [5.41, 5.74) is 3.01. The average Bonchev–Trinajstić information content (AvgIpc) is 2.77. The lowest BCUT2D eigenvalue weighted by Crippen LogP contribution is -2.52. The van der Waals surface area contributed by atoms with E-state index in [2.05, 4.69) is 11.0 Å². The molecule has 2 aromatic rings. The Morgan fingerprint density at radius 3 is 2.33 bits per heavy atom. The third-order valence-electron chi connectivity index (χ3n) is 5.50. The molecule has 0 unspecified atom stereocenters. The van der Waals surface area contributed by atoms with Crippen molar-refractivity contribution in [1.29, 1.82) is 5.26 Å². The van der Waals surface area contributed by atoms with E-state index in [1.165, 1.54) is 0 Å². The van der Waals surface area contributed by atoms with Gasteiger partial charge in [0.2, 0.25) is 11.8 Å². The fraction of sp³-hybridized carbons (Fsp3) is 0.375. The molecule has 6 nitrogen and oxygen atoms in total. The maximum atomic E-state index is 12.9. The Morgan fingerprint density at radius 2 is 1.67 bits per heavy atom. The van der Waals surface area contributed by atoms with Crippen LogP contribution in [0.2, 0.25) is 0 Å². The van der Waals surface area contributed by atoms with E-state index in [9.17, 15) is 9.59 Å². The lowest BCUT2D eigenvalue weighted by Gasteiger charge is -2.35. The van der Waals surface area contributed by atoms with Gasteiger partial charge in [0, 0.05) is 38.4 Å². The number of carbonyl (C=O) groups is 2. The van der Waals surface area contributed by atoms with Gasteiger partial charge in [0.25, 0.3) is 0 Å². The van der Waals surface area contributed by atoms with E-state index < -0.39 is 0 Å². The summed E-state index contributed by atoms with van der Waals surface area (Å²) in [6, 6.07) is 19.5. The number of hydrogen-bond acceptors (Lipinski definition) is 4. The topological polar surface area (TPSA) is 67.7 Å². The van der Waals surface area contributed by atoms with Crippen LogP contribution >= 0.6 is 0 Å². The Hall–Kier alpha value is -3.17. The van der Waals surface area contributed by atoms with Crippen molar-refractivity contribution in [3.05, 3.63) is 65.7 Å². The van der Waals surface area contributed by atoms with E-state index in [0.29, 0.717) is 52.1 Å². The average molecular weight is 405 g/mol. The second kappa shape index (κ2) is 10.6. The van der Waals surface area contributed by atoms with Crippen LogP contribution in [0.15, 0.2) is 54.6 Å². The molecule has 2 aromatic carbocycles. The predicted octanol–water partition coefficient (Wildman–Crippen LogP) is 2.63. The third kappa shape index (κ3) is 5.68. The number of carbonyl (C=O) groups excluding carboxylic acids is 2. The molecule has 0 saturated carbocycles. The van der Waals surface area contributed by atoms with Crippen molar-refractivity contribution in [2.75, 3.05) is 44.2 Å². The SMILES string of the molecule is Cc1ccccc1CC(=O)N1CCN(CC(=O)N(CCC#N)c2ccccc2)CC1. The van der Waals surface area contributed by atoms with E-state index >= 15 is 0 Å². The molecule has 1 aliphatic rings. The number of para-hydroxylation sites is 1. The molecule has 6 heteroatoms. The first-order valence-corrected chi connectivity index (χ1v) is 10.4. The number of benzene rings is 2. The van der Waals surface area contributed by atoms with Crippen LogP contribution in [0.1, 0.15) is 17.5 Å². The van der Waals surface area contributed by atoms with Crippen LogP contribution in [0.25, 0.3) is 0 Å². The van der Waals surface area contributed by atoms with Crippen molar-refractivity contribution in [3.63, 3.8) is 0 Å². The summed E-state index contributed by atoms with van der Waals surface area (Å²) in [6.07, 6.45) is 0.712. The van der Waals surface area contributed by atoms with Gasteiger partial charge in [0.15, 0.2) is 0 Å². The number of aryl methyl sites for hydroxylation is 1. The molecule has 30 heavy (non-hydrogen) atoms. The number of amides is 2. The van der Waals surface area contributed by atoms with Crippen LogP contribution in [0.4, 0.5) is 5.69 Å². The van der Waals surface area contributed by atoms with Gasteiger partial charge in [-0.05, 0) is 30.2 Å². The predicted molar refractivity (Wildman–Crippen MR) is 117 cm³/mol. The molecule has 0 bridgehead atoms. The summed E-state index contributed by atoms with van der Waals surface area (Å²) in [4.78, 5) is 31.2. The van der Waals surface area contributed by atoms with Crippen LogP contribution in [0.5, 0.6) is 0 Å². The molecular weight excluding hydrogens is 376 g/mol. The Kier molecular flexibility index (Phi) is 7.58. The first-order valence-electron chi connectivity index (χ1n) is 10.4. The van der Waals surface area contributed by atoms with Crippen molar-refractivity contribution < 1.29 is 9.59 Å². The van der Waals surface area contributed by atoms with E-state index in [1.54, 1.807) is 4.90 Å². The zero-order valence-corrected chi connectivity index (χ0v) is 17.5. The highest BCUT2D eigenvalue weighted by Gasteiger charge is 2.25. The van der Waals surface area contributed by atoms with Gasteiger partial charge in [0.1, 0.15) is 0 Å². The highest BCUT2D eigenvalue weighted by Crippen LogP contribution is 2.15. The Labute approximate surface area is 178 Å². The van der Waals surface area contributed by atoms with Crippen LogP contribution in [0.3, 0.4) is 0 Å². The maximum Gasteiger partial charge on any atom is 0.241 e. The van der Waals surface area contributed by atoms with Gasteiger partial charge in [-0.15, -0.1) is 0 Å². The molecule has 0 atom stereocenters. The lowest BCUT2D eigenvalue weighted by molar-refractivity contribution is -0.132. The summed E-state index contributed by atoms with van der Waals surface area (Å²) in [7, 11) is 0. The summed E-state index contributed by atoms with van der Waals surface area (Å²) in [6.45, 7) is 5.30. The monoisotopic (exact) mass is 404 g/mol. The molecule has 0 spiro atoms. The fourth-order valence-corrected chi connectivity index (χ4v) is 3.68. The maximum absolute atomic E-state index is 12.9. The number of nitrogens with zero attached hydrogens (tertiary/aromatic N) is 4. The summed E-state index contributed by atoms with van der Waals surface area (Å²) >= 11 is 0. The lowest BCUT2D eigenvalue weighted by atomic mass is 10.1. The van der Waals surface area contributed by atoms with Crippen molar-refractivity contribution in [2.24, 2.45) is 0 Å². The van der Waals surface area contributed by atoms with Crippen LogP contribution < -0.4 is 4.90 Å². The van der Waals surface area contributed by atoms with Crippen LogP contribution in [-0.2, 0) is 16.0 Å². The third-order valence-corrected chi connectivity index (χ3v) is 5.50. The van der Waals surface area contributed by atoms with Crippen molar-refractivity contribution in [2.45, 2.75) is 19.8 Å². The quantitative estimate of drug-likeness (QED) is 0.712. The molecule has 1 aliphatic heterocycles. The summed E-state index contributed by atoms with van der Waals surface area (Å²) in [5.74, 6) is 0.117. The molecule has 156 valence electrons. The molecule has 0 aliphatic carbocycles. The molecular formula is C24H28N4O2. The molecule has 1 fully saturated rings. The van der Waals surface area contributed by atoms with Crippen molar-refractivity contribution in [1.82, 2.24) is 9.80 Å². The fourth-order valence-electron chi connectivity index (χ4n) is 3.68. The molecule has 2 amide bonds. The standard InChI is InChI=1S/C24H28N4O2/c1-20-8-5-6-9-21(20)18-23(29)27-16-14-26(15-17-27)19-24(30)28(13-7-12-25)22-10-3-2-4-11-22/h2-6,8-11H,7,13-19H2,1H3. The van der Waals surface area contributed by atoms with Gasteiger partial charge in [-0.1, -0.05) is 42.5 Å². The van der Waals surface area contributed by atoms with Gasteiger partial charge in [-0.3, -0.25) is 14.5 Å². The number of anilines is 1. The zero-order chi connectivity index (χ0) is 21.3. The first kappa shape index (κ1) is 21.5. The van der Waals surface area contributed by atoms with E-state index in [-0.39, 0.29) is 11.8 Å². The van der Waals surface area contributed by atoms with E-state index in [4.69, 9.17) is 5.26 Å². The molecule has 3 rings (SSSR count). The van der Waals surface area contributed by atoms with Gasteiger partial charge in [-0.2, -0.15) is 5.26 Å². The minimum absolute atomic E-state index is 0.0175. The van der Waals surface area contributed by atoms with E-state index in [1.807, 2.05) is 66.4 Å².